The molecule has 1 saturated heterocycles. The maximum absolute atomic E-state index is 13.0. The van der Waals surface area contributed by atoms with E-state index in [0.29, 0.717) is 18.9 Å². The fraction of sp³-hybridized carbons (Fsp3) is 0.750. The van der Waals surface area contributed by atoms with Crippen molar-refractivity contribution >= 4 is 11.9 Å². The van der Waals surface area contributed by atoms with Crippen molar-refractivity contribution in [3.8, 4) is 0 Å². The van der Waals surface area contributed by atoms with Crippen LogP contribution in [0.5, 0.6) is 0 Å². The molecule has 2 aliphatic rings. The largest absolute Gasteiger partial charge is 0.467 e. The molecule has 7 nitrogen and oxygen atoms in total. The first-order valence-electron chi connectivity index (χ1n) is 8.25. The van der Waals surface area contributed by atoms with Gasteiger partial charge in [-0.05, 0) is 31.6 Å². The number of allylic oxidation sites excluding steroid dienone is 1. The average Bonchev–Trinajstić information content (AvgIpc) is 3.23. The Balaban J connectivity index is 2.14. The molecule has 0 bridgehead atoms. The lowest BCUT2D eigenvalue weighted by molar-refractivity contribution is -0.153. The van der Waals surface area contributed by atoms with Crippen LogP contribution in [0.3, 0.4) is 0 Å². The number of carbonyl (C=O) groups excluding carboxylic acids is 2. The number of carbonyl (C=O) groups is 2. The number of nitrogens with two attached hydrogens (primary N) is 2. The van der Waals surface area contributed by atoms with E-state index in [2.05, 4.69) is 0 Å². The molecule has 0 aromatic rings. The van der Waals surface area contributed by atoms with E-state index in [-0.39, 0.29) is 17.8 Å². The van der Waals surface area contributed by atoms with E-state index in [1.165, 1.54) is 12.1 Å². The Hall–Kier alpha value is -1.76. The summed E-state index contributed by atoms with van der Waals surface area (Å²) in [6.45, 7) is 4.43. The van der Waals surface area contributed by atoms with E-state index in [9.17, 15) is 9.59 Å². The van der Waals surface area contributed by atoms with Gasteiger partial charge in [-0.1, -0.05) is 13.8 Å². The number of methoxy groups -OCH3 is 1. The third kappa shape index (κ3) is 3.96. The maximum Gasteiger partial charge on any atom is 0.328 e. The number of amides is 1. The highest BCUT2D eigenvalue weighted by Gasteiger charge is 2.40. The van der Waals surface area contributed by atoms with Crippen molar-refractivity contribution < 1.29 is 14.3 Å². The highest BCUT2D eigenvalue weighted by atomic mass is 16.5. The number of likely N-dealkylation sites (tertiary alicyclic amines) is 1. The van der Waals surface area contributed by atoms with E-state index in [4.69, 9.17) is 16.3 Å². The number of nitrogens with zero attached hydrogens (tertiary/aromatic N) is 2. The smallest absolute Gasteiger partial charge is 0.328 e. The minimum atomic E-state index is -0.544. The molecule has 0 aromatic carbocycles. The molecule has 130 valence electrons. The van der Waals surface area contributed by atoms with Crippen LogP contribution in [0.4, 0.5) is 0 Å². The second-order valence-electron chi connectivity index (χ2n) is 6.75. The summed E-state index contributed by atoms with van der Waals surface area (Å²) in [5.74, 6) is 5.99. The topological polar surface area (TPSA) is 102 Å². The summed E-state index contributed by atoms with van der Waals surface area (Å²) < 4.78 is 4.81. The molecule has 0 aromatic heterocycles. The molecular weight excluding hydrogens is 296 g/mol. The number of hydrogen-bond acceptors (Lipinski definition) is 6. The van der Waals surface area contributed by atoms with E-state index < -0.39 is 12.1 Å². The van der Waals surface area contributed by atoms with Crippen LogP contribution in [-0.2, 0) is 14.3 Å². The Bertz CT molecular complexity index is 488. The van der Waals surface area contributed by atoms with Gasteiger partial charge < -0.3 is 20.4 Å². The Morgan fingerprint density at radius 3 is 2.48 bits per heavy atom. The third-order valence-electron chi connectivity index (χ3n) is 4.56. The van der Waals surface area contributed by atoms with Crippen LogP contribution in [0, 0.1) is 11.8 Å². The monoisotopic (exact) mass is 324 g/mol. The molecule has 0 spiro atoms. The Morgan fingerprint density at radius 1 is 1.30 bits per heavy atom. The van der Waals surface area contributed by atoms with Crippen LogP contribution >= 0.6 is 0 Å². The van der Waals surface area contributed by atoms with Gasteiger partial charge in [-0.25, -0.2) is 10.6 Å². The molecule has 2 unspecified atom stereocenters. The van der Waals surface area contributed by atoms with Crippen LogP contribution in [0.2, 0.25) is 0 Å². The van der Waals surface area contributed by atoms with Crippen LogP contribution in [0.1, 0.15) is 39.5 Å². The van der Waals surface area contributed by atoms with Crippen LogP contribution in [0.25, 0.3) is 0 Å². The first-order chi connectivity index (χ1) is 10.9. The van der Waals surface area contributed by atoms with Gasteiger partial charge in [-0.15, -0.1) is 0 Å². The normalized spacial score (nSPS) is 23.1. The molecule has 1 aliphatic heterocycles. The van der Waals surface area contributed by atoms with Crippen molar-refractivity contribution in [2.24, 2.45) is 23.4 Å². The van der Waals surface area contributed by atoms with Crippen molar-refractivity contribution in [1.29, 1.82) is 0 Å². The summed E-state index contributed by atoms with van der Waals surface area (Å²) in [7, 11) is 1.34. The minimum Gasteiger partial charge on any atom is -0.467 e. The van der Waals surface area contributed by atoms with E-state index >= 15 is 0 Å². The molecule has 1 aliphatic carbocycles. The zero-order chi connectivity index (χ0) is 17.1. The summed E-state index contributed by atoms with van der Waals surface area (Å²) in [6.07, 6.45) is 5.25. The van der Waals surface area contributed by atoms with Crippen molar-refractivity contribution in [2.75, 3.05) is 13.7 Å². The average molecular weight is 324 g/mol. The number of hydrogen-bond donors (Lipinski definition) is 2. The lowest BCUT2D eigenvalue weighted by Gasteiger charge is -2.34. The molecule has 2 atom stereocenters. The zero-order valence-electron chi connectivity index (χ0n) is 14.2. The first kappa shape index (κ1) is 17.6. The maximum atomic E-state index is 13.0. The van der Waals surface area contributed by atoms with Crippen molar-refractivity contribution in [3.05, 3.63) is 11.9 Å². The number of rotatable bonds is 6. The van der Waals surface area contributed by atoms with Gasteiger partial charge in [0.2, 0.25) is 5.91 Å². The van der Waals surface area contributed by atoms with Gasteiger partial charge in [0.15, 0.2) is 0 Å². The molecule has 0 radical (unpaired) electrons. The lowest BCUT2D eigenvalue weighted by Crippen LogP contribution is -2.54. The van der Waals surface area contributed by atoms with Crippen molar-refractivity contribution in [1.82, 2.24) is 9.91 Å². The minimum absolute atomic E-state index is 0.00495. The third-order valence-corrected chi connectivity index (χ3v) is 4.56. The van der Waals surface area contributed by atoms with Crippen molar-refractivity contribution in [3.63, 3.8) is 0 Å². The predicted octanol–water partition coefficient (Wildman–Crippen LogP) is 0.561. The standard InChI is InChI=1S/C16H28N4O3/c1-10(2)14(20(18)9-12(17)11-6-7-11)15(21)19-8-4-5-13(19)16(22)23-3/h9-11,13-14H,4-8,17-18H2,1-3H3/b12-9-. The molecular formula is C16H28N4O3. The zero-order valence-corrected chi connectivity index (χ0v) is 14.2. The van der Waals surface area contributed by atoms with Gasteiger partial charge >= 0.3 is 5.97 Å². The van der Waals surface area contributed by atoms with Crippen molar-refractivity contribution in [2.45, 2.75) is 51.6 Å². The van der Waals surface area contributed by atoms with E-state index in [1.54, 1.807) is 11.1 Å². The fourth-order valence-electron chi connectivity index (χ4n) is 3.11. The summed E-state index contributed by atoms with van der Waals surface area (Å²) >= 11 is 0. The summed E-state index contributed by atoms with van der Waals surface area (Å²) in [4.78, 5) is 26.4. The summed E-state index contributed by atoms with van der Waals surface area (Å²) in [5.41, 5.74) is 6.73. The van der Waals surface area contributed by atoms with Gasteiger partial charge in [0.1, 0.15) is 12.1 Å². The van der Waals surface area contributed by atoms with Gasteiger partial charge in [-0.3, -0.25) is 4.79 Å². The molecule has 1 amide bonds. The molecule has 1 heterocycles. The highest BCUT2D eigenvalue weighted by Crippen LogP contribution is 2.34. The number of esters is 1. The Labute approximate surface area is 137 Å². The van der Waals surface area contributed by atoms with Gasteiger partial charge in [0.05, 0.1) is 7.11 Å². The quantitative estimate of drug-likeness (QED) is 0.420. The van der Waals surface area contributed by atoms with Crippen LogP contribution in [-0.4, -0.2) is 47.5 Å². The summed E-state index contributed by atoms with van der Waals surface area (Å²) in [5, 5.41) is 1.41. The predicted molar refractivity (Wildman–Crippen MR) is 86.4 cm³/mol. The molecule has 2 rings (SSSR count). The van der Waals surface area contributed by atoms with Gasteiger partial charge in [0.25, 0.3) is 0 Å². The fourth-order valence-corrected chi connectivity index (χ4v) is 3.11. The van der Waals surface area contributed by atoms with E-state index in [1.807, 2.05) is 13.8 Å². The van der Waals surface area contributed by atoms with Crippen LogP contribution < -0.4 is 11.6 Å². The molecule has 1 saturated carbocycles. The molecule has 2 fully saturated rings. The molecule has 23 heavy (non-hydrogen) atoms. The first-order valence-corrected chi connectivity index (χ1v) is 8.25. The number of ether oxygens (including phenoxy) is 1. The SMILES string of the molecule is COC(=O)C1CCCN1C(=O)C(C(C)C)N(N)/C=C(\N)C1CC1. The second-order valence-corrected chi connectivity index (χ2v) is 6.75. The van der Waals surface area contributed by atoms with E-state index in [0.717, 1.165) is 25.0 Å². The second kappa shape index (κ2) is 7.21. The summed E-state index contributed by atoms with van der Waals surface area (Å²) in [6, 6.07) is -1.05. The lowest BCUT2D eigenvalue weighted by atomic mass is 10.0. The Kier molecular flexibility index (Phi) is 5.51. The number of hydrazine groups is 1. The molecule has 7 heteroatoms. The van der Waals surface area contributed by atoms with Gasteiger partial charge in [0, 0.05) is 24.4 Å². The Morgan fingerprint density at radius 2 is 1.96 bits per heavy atom. The molecule has 4 N–H and O–H groups in total. The van der Waals surface area contributed by atoms with Gasteiger partial charge in [-0.2, -0.15) is 0 Å². The van der Waals surface area contributed by atoms with Crippen LogP contribution in [0.15, 0.2) is 11.9 Å². The highest BCUT2D eigenvalue weighted by molar-refractivity contribution is 5.88.